The summed E-state index contributed by atoms with van der Waals surface area (Å²) in [5.74, 6) is 6.93. The molecular formula is C13H17N5O. The third kappa shape index (κ3) is 2.92. The lowest BCUT2D eigenvalue weighted by molar-refractivity contribution is 0.414. The monoisotopic (exact) mass is 259 g/mol. The molecule has 6 heteroatoms. The number of benzene rings is 1. The Bertz CT molecular complexity index is 532. The van der Waals surface area contributed by atoms with Crippen LogP contribution in [-0.2, 0) is 0 Å². The van der Waals surface area contributed by atoms with Gasteiger partial charge >= 0.3 is 0 Å². The SMILES string of the molecule is COc1c(NN)ncnc1NC(C)c1ccccc1. The highest BCUT2D eigenvalue weighted by Crippen LogP contribution is 2.30. The number of hydrogen-bond acceptors (Lipinski definition) is 6. The summed E-state index contributed by atoms with van der Waals surface area (Å²) in [6.45, 7) is 2.05. The van der Waals surface area contributed by atoms with Crippen LogP contribution in [-0.4, -0.2) is 17.1 Å². The van der Waals surface area contributed by atoms with E-state index in [1.807, 2.05) is 37.3 Å². The van der Waals surface area contributed by atoms with Crippen molar-refractivity contribution in [3.8, 4) is 5.75 Å². The van der Waals surface area contributed by atoms with E-state index in [1.54, 1.807) is 7.11 Å². The van der Waals surface area contributed by atoms with Gasteiger partial charge in [0.05, 0.1) is 13.2 Å². The maximum atomic E-state index is 5.39. The molecule has 0 amide bonds. The molecule has 0 aliphatic carbocycles. The molecule has 1 aromatic carbocycles. The summed E-state index contributed by atoms with van der Waals surface area (Å²) < 4.78 is 5.27. The van der Waals surface area contributed by atoms with Gasteiger partial charge in [0.2, 0.25) is 5.75 Å². The van der Waals surface area contributed by atoms with Crippen molar-refractivity contribution >= 4 is 11.6 Å². The number of nitrogens with two attached hydrogens (primary N) is 1. The molecule has 0 spiro atoms. The molecule has 0 saturated carbocycles. The van der Waals surface area contributed by atoms with E-state index in [4.69, 9.17) is 10.6 Å². The Kier molecular flexibility index (Phi) is 4.15. The van der Waals surface area contributed by atoms with Crippen molar-refractivity contribution < 1.29 is 4.74 Å². The normalized spacial score (nSPS) is 11.7. The zero-order valence-electron chi connectivity index (χ0n) is 10.9. The van der Waals surface area contributed by atoms with Gasteiger partial charge in [-0.1, -0.05) is 30.3 Å². The molecule has 0 radical (unpaired) electrons. The Morgan fingerprint density at radius 1 is 1.16 bits per heavy atom. The molecule has 1 heterocycles. The molecule has 19 heavy (non-hydrogen) atoms. The zero-order valence-corrected chi connectivity index (χ0v) is 10.9. The second-order valence-corrected chi connectivity index (χ2v) is 4.03. The lowest BCUT2D eigenvalue weighted by Gasteiger charge is -2.17. The number of aromatic nitrogens is 2. The fourth-order valence-corrected chi connectivity index (χ4v) is 1.80. The summed E-state index contributed by atoms with van der Waals surface area (Å²) in [6.07, 6.45) is 1.43. The van der Waals surface area contributed by atoms with E-state index in [1.165, 1.54) is 6.33 Å². The number of nitrogens with one attached hydrogen (secondary N) is 2. The molecule has 0 bridgehead atoms. The number of hydrazine groups is 1. The molecule has 0 fully saturated rings. The highest BCUT2D eigenvalue weighted by molar-refractivity contribution is 5.63. The van der Waals surface area contributed by atoms with Gasteiger partial charge in [-0.25, -0.2) is 15.8 Å². The summed E-state index contributed by atoms with van der Waals surface area (Å²) in [6, 6.07) is 10.2. The van der Waals surface area contributed by atoms with Gasteiger partial charge in [0, 0.05) is 0 Å². The van der Waals surface area contributed by atoms with Crippen LogP contribution in [0.2, 0.25) is 0 Å². The van der Waals surface area contributed by atoms with Crippen molar-refractivity contribution in [2.45, 2.75) is 13.0 Å². The van der Waals surface area contributed by atoms with Crippen molar-refractivity contribution in [2.75, 3.05) is 17.9 Å². The first kappa shape index (κ1) is 13.1. The molecule has 2 rings (SSSR count). The lowest BCUT2D eigenvalue weighted by Crippen LogP contribution is -2.14. The van der Waals surface area contributed by atoms with Crippen LogP contribution in [0.1, 0.15) is 18.5 Å². The molecule has 2 aromatic rings. The Morgan fingerprint density at radius 2 is 1.84 bits per heavy atom. The van der Waals surface area contributed by atoms with Gasteiger partial charge in [0.1, 0.15) is 6.33 Å². The Balaban J connectivity index is 2.24. The van der Waals surface area contributed by atoms with Gasteiger partial charge in [-0.15, -0.1) is 0 Å². The molecule has 4 N–H and O–H groups in total. The fourth-order valence-electron chi connectivity index (χ4n) is 1.80. The summed E-state index contributed by atoms with van der Waals surface area (Å²) in [5.41, 5.74) is 3.64. The molecule has 1 atom stereocenters. The first-order valence-electron chi connectivity index (χ1n) is 5.93. The fraction of sp³-hybridized carbons (Fsp3) is 0.231. The topological polar surface area (TPSA) is 85.1 Å². The molecule has 1 aromatic heterocycles. The second-order valence-electron chi connectivity index (χ2n) is 4.03. The average Bonchev–Trinajstić information content (AvgIpc) is 2.47. The van der Waals surface area contributed by atoms with Gasteiger partial charge in [-0.3, -0.25) is 0 Å². The standard InChI is InChI=1S/C13H17N5O/c1-9(10-6-4-3-5-7-10)17-12-11(19-2)13(18-14)16-8-15-12/h3-9H,14H2,1-2H3,(H2,15,16,17,18). The second kappa shape index (κ2) is 6.01. The third-order valence-electron chi connectivity index (χ3n) is 2.80. The first-order valence-corrected chi connectivity index (χ1v) is 5.93. The average molecular weight is 259 g/mol. The Hall–Kier alpha value is -2.34. The molecule has 0 aliphatic heterocycles. The van der Waals surface area contributed by atoms with Crippen LogP contribution in [0.3, 0.4) is 0 Å². The maximum Gasteiger partial charge on any atom is 0.205 e. The Morgan fingerprint density at radius 3 is 2.47 bits per heavy atom. The molecule has 0 aliphatic rings. The highest BCUT2D eigenvalue weighted by Gasteiger charge is 2.14. The van der Waals surface area contributed by atoms with Crippen LogP contribution in [0.25, 0.3) is 0 Å². The van der Waals surface area contributed by atoms with Gasteiger partial charge in [0.15, 0.2) is 11.6 Å². The summed E-state index contributed by atoms with van der Waals surface area (Å²) >= 11 is 0. The van der Waals surface area contributed by atoms with Crippen molar-refractivity contribution in [1.82, 2.24) is 9.97 Å². The van der Waals surface area contributed by atoms with Crippen LogP contribution in [0.15, 0.2) is 36.7 Å². The summed E-state index contributed by atoms with van der Waals surface area (Å²) in [7, 11) is 1.55. The minimum atomic E-state index is 0.0932. The van der Waals surface area contributed by atoms with Crippen LogP contribution in [0.4, 0.5) is 11.6 Å². The maximum absolute atomic E-state index is 5.39. The van der Waals surface area contributed by atoms with Gasteiger partial charge in [0.25, 0.3) is 0 Å². The van der Waals surface area contributed by atoms with E-state index in [-0.39, 0.29) is 6.04 Å². The predicted octanol–water partition coefficient (Wildman–Crippen LogP) is 1.94. The number of anilines is 2. The number of ether oxygens (including phenoxy) is 1. The van der Waals surface area contributed by atoms with Crippen molar-refractivity contribution in [1.29, 1.82) is 0 Å². The zero-order chi connectivity index (χ0) is 13.7. The third-order valence-corrected chi connectivity index (χ3v) is 2.80. The molecule has 100 valence electrons. The van der Waals surface area contributed by atoms with E-state index in [0.29, 0.717) is 17.4 Å². The lowest BCUT2D eigenvalue weighted by atomic mass is 10.1. The van der Waals surface area contributed by atoms with Crippen LogP contribution >= 0.6 is 0 Å². The van der Waals surface area contributed by atoms with Crippen LogP contribution in [0.5, 0.6) is 5.75 Å². The summed E-state index contributed by atoms with van der Waals surface area (Å²) in [5, 5.41) is 3.28. The number of hydrogen-bond donors (Lipinski definition) is 3. The van der Waals surface area contributed by atoms with E-state index in [9.17, 15) is 0 Å². The van der Waals surface area contributed by atoms with Crippen molar-refractivity contribution in [3.05, 3.63) is 42.2 Å². The summed E-state index contributed by atoms with van der Waals surface area (Å²) in [4.78, 5) is 8.18. The number of nitrogen functional groups attached to an aromatic ring is 1. The Labute approximate surface area is 112 Å². The highest BCUT2D eigenvalue weighted by atomic mass is 16.5. The van der Waals surface area contributed by atoms with Crippen LogP contribution in [0, 0.1) is 0 Å². The first-order chi connectivity index (χ1) is 9.26. The minimum Gasteiger partial charge on any atom is -0.490 e. The van der Waals surface area contributed by atoms with E-state index < -0.39 is 0 Å². The number of methoxy groups -OCH3 is 1. The molecular weight excluding hydrogens is 242 g/mol. The van der Waals surface area contributed by atoms with E-state index in [2.05, 4.69) is 20.7 Å². The van der Waals surface area contributed by atoms with Gasteiger partial charge in [-0.2, -0.15) is 0 Å². The van der Waals surface area contributed by atoms with Crippen LogP contribution < -0.4 is 21.3 Å². The molecule has 6 nitrogen and oxygen atoms in total. The van der Waals surface area contributed by atoms with Gasteiger partial charge < -0.3 is 15.5 Å². The number of nitrogens with zero attached hydrogens (tertiary/aromatic N) is 2. The van der Waals surface area contributed by atoms with Crippen molar-refractivity contribution in [3.63, 3.8) is 0 Å². The minimum absolute atomic E-state index is 0.0932. The largest absolute Gasteiger partial charge is 0.490 e. The quantitative estimate of drug-likeness (QED) is 0.562. The van der Waals surface area contributed by atoms with Crippen molar-refractivity contribution in [2.24, 2.45) is 5.84 Å². The van der Waals surface area contributed by atoms with E-state index >= 15 is 0 Å². The number of rotatable bonds is 5. The van der Waals surface area contributed by atoms with Gasteiger partial charge in [-0.05, 0) is 12.5 Å². The predicted molar refractivity (Wildman–Crippen MR) is 74.9 cm³/mol. The van der Waals surface area contributed by atoms with E-state index in [0.717, 1.165) is 5.56 Å². The molecule has 1 unspecified atom stereocenters. The smallest absolute Gasteiger partial charge is 0.205 e. The molecule has 0 saturated heterocycles.